The first kappa shape index (κ1) is 15.6. The van der Waals surface area contributed by atoms with E-state index in [0.29, 0.717) is 17.5 Å². The predicted octanol–water partition coefficient (Wildman–Crippen LogP) is 5.48. The van der Waals surface area contributed by atoms with Crippen LogP contribution < -0.4 is 5.32 Å². The Hall–Kier alpha value is -0.820. The highest BCUT2D eigenvalue weighted by atomic mass is 15.0. The van der Waals surface area contributed by atoms with Crippen molar-refractivity contribution in [3.8, 4) is 0 Å². The molecule has 1 N–H and O–H groups in total. The molecule has 20 heavy (non-hydrogen) atoms. The molecule has 2 unspecified atom stereocenters. The average Bonchev–Trinajstić information content (AvgIpc) is 2.43. The van der Waals surface area contributed by atoms with E-state index in [-0.39, 0.29) is 0 Å². The van der Waals surface area contributed by atoms with Crippen LogP contribution in [0.15, 0.2) is 30.3 Å². The normalized spacial score (nSPS) is 23.4. The Morgan fingerprint density at radius 3 is 2.65 bits per heavy atom. The summed E-state index contributed by atoms with van der Waals surface area (Å²) in [5.41, 5.74) is 1.98. The second-order valence-electron chi connectivity index (χ2n) is 7.23. The zero-order chi connectivity index (χ0) is 14.4. The summed E-state index contributed by atoms with van der Waals surface area (Å²) in [6.45, 7) is 7.13. The van der Waals surface area contributed by atoms with E-state index in [4.69, 9.17) is 0 Å². The summed E-state index contributed by atoms with van der Waals surface area (Å²) < 4.78 is 0. The summed E-state index contributed by atoms with van der Waals surface area (Å²) in [5.74, 6) is 0. The maximum atomic E-state index is 3.96. The van der Waals surface area contributed by atoms with Gasteiger partial charge in [-0.3, -0.25) is 0 Å². The van der Waals surface area contributed by atoms with Gasteiger partial charge in [-0.1, -0.05) is 70.4 Å². The maximum Gasteiger partial charge on any atom is 0.0322 e. The molecule has 112 valence electrons. The first-order chi connectivity index (χ1) is 9.61. The highest BCUT2D eigenvalue weighted by molar-refractivity contribution is 5.19. The van der Waals surface area contributed by atoms with Gasteiger partial charge < -0.3 is 5.32 Å². The zero-order valence-corrected chi connectivity index (χ0v) is 13.5. The molecule has 1 saturated carbocycles. The standard InChI is InChI=1S/C19H31N/c1-4-5-13-18(16-10-7-6-8-11-16)20-17-12-9-14-19(2,3)15-17/h6-8,10-11,17-18,20H,4-5,9,12-15H2,1-3H3. The van der Waals surface area contributed by atoms with Gasteiger partial charge in [0.2, 0.25) is 0 Å². The maximum absolute atomic E-state index is 3.96. The largest absolute Gasteiger partial charge is 0.307 e. The van der Waals surface area contributed by atoms with Gasteiger partial charge in [-0.05, 0) is 36.7 Å². The molecule has 1 aromatic rings. The highest BCUT2D eigenvalue weighted by Gasteiger charge is 2.29. The van der Waals surface area contributed by atoms with Crippen LogP contribution in [0.25, 0.3) is 0 Å². The van der Waals surface area contributed by atoms with E-state index in [0.717, 1.165) is 0 Å². The van der Waals surface area contributed by atoms with Gasteiger partial charge in [0.25, 0.3) is 0 Å². The summed E-state index contributed by atoms with van der Waals surface area (Å²) in [6, 6.07) is 12.2. The minimum atomic E-state index is 0.516. The van der Waals surface area contributed by atoms with Gasteiger partial charge in [-0.2, -0.15) is 0 Å². The summed E-state index contributed by atoms with van der Waals surface area (Å²) in [7, 11) is 0. The first-order valence-corrected chi connectivity index (χ1v) is 8.42. The van der Waals surface area contributed by atoms with Crippen molar-refractivity contribution in [2.24, 2.45) is 5.41 Å². The SMILES string of the molecule is CCCCC(NC1CCCC(C)(C)C1)c1ccccc1. The molecule has 1 aliphatic carbocycles. The lowest BCUT2D eigenvalue weighted by Gasteiger charge is -2.37. The molecule has 1 aromatic carbocycles. The fourth-order valence-electron chi connectivity index (χ4n) is 3.56. The quantitative estimate of drug-likeness (QED) is 0.724. The molecule has 0 saturated heterocycles. The molecule has 1 heteroatoms. The van der Waals surface area contributed by atoms with Crippen molar-refractivity contribution >= 4 is 0 Å². The van der Waals surface area contributed by atoms with Gasteiger partial charge in [-0.25, -0.2) is 0 Å². The van der Waals surface area contributed by atoms with Crippen molar-refractivity contribution in [1.82, 2.24) is 5.32 Å². The molecule has 0 bridgehead atoms. The molecule has 1 nitrogen and oxygen atoms in total. The Balaban J connectivity index is 2.00. The molecule has 2 rings (SSSR count). The van der Waals surface area contributed by atoms with Crippen LogP contribution in [0.4, 0.5) is 0 Å². The van der Waals surface area contributed by atoms with E-state index in [9.17, 15) is 0 Å². The Morgan fingerprint density at radius 2 is 2.00 bits per heavy atom. The Bertz CT molecular complexity index is 382. The van der Waals surface area contributed by atoms with Crippen LogP contribution in [0.5, 0.6) is 0 Å². The van der Waals surface area contributed by atoms with Crippen LogP contribution in [0, 0.1) is 5.41 Å². The molecule has 2 atom stereocenters. The van der Waals surface area contributed by atoms with E-state index in [1.165, 1.54) is 50.5 Å². The van der Waals surface area contributed by atoms with E-state index in [1.807, 2.05) is 0 Å². The van der Waals surface area contributed by atoms with Crippen LogP contribution >= 0.6 is 0 Å². The smallest absolute Gasteiger partial charge is 0.0322 e. The number of benzene rings is 1. The number of hydrogen-bond donors (Lipinski definition) is 1. The van der Waals surface area contributed by atoms with Gasteiger partial charge in [0.15, 0.2) is 0 Å². The molecular formula is C19H31N. The van der Waals surface area contributed by atoms with Crippen molar-refractivity contribution in [2.45, 2.75) is 77.8 Å². The molecular weight excluding hydrogens is 242 g/mol. The molecule has 0 amide bonds. The van der Waals surface area contributed by atoms with Gasteiger partial charge in [0.05, 0.1) is 0 Å². The van der Waals surface area contributed by atoms with Crippen molar-refractivity contribution in [1.29, 1.82) is 0 Å². The third kappa shape index (κ3) is 4.63. The molecule has 0 spiro atoms. The third-order valence-corrected chi connectivity index (χ3v) is 4.69. The second-order valence-corrected chi connectivity index (χ2v) is 7.23. The average molecular weight is 273 g/mol. The summed E-state index contributed by atoms with van der Waals surface area (Å²) in [5, 5.41) is 3.96. The Morgan fingerprint density at radius 1 is 1.25 bits per heavy atom. The first-order valence-electron chi connectivity index (χ1n) is 8.42. The van der Waals surface area contributed by atoms with Crippen LogP contribution in [0.1, 0.15) is 77.3 Å². The zero-order valence-electron chi connectivity index (χ0n) is 13.5. The molecule has 1 aliphatic rings. The third-order valence-electron chi connectivity index (χ3n) is 4.69. The predicted molar refractivity (Wildman–Crippen MR) is 87.9 cm³/mol. The Kier molecular flexibility index (Phi) is 5.65. The van der Waals surface area contributed by atoms with Crippen molar-refractivity contribution in [2.75, 3.05) is 0 Å². The summed E-state index contributed by atoms with van der Waals surface area (Å²) >= 11 is 0. The summed E-state index contributed by atoms with van der Waals surface area (Å²) in [6.07, 6.45) is 9.28. The topological polar surface area (TPSA) is 12.0 Å². The monoisotopic (exact) mass is 273 g/mol. The van der Waals surface area contributed by atoms with Crippen LogP contribution in [-0.2, 0) is 0 Å². The Labute approximate surface area is 125 Å². The van der Waals surface area contributed by atoms with Gasteiger partial charge in [0.1, 0.15) is 0 Å². The lowest BCUT2D eigenvalue weighted by atomic mass is 9.75. The van der Waals surface area contributed by atoms with Gasteiger partial charge in [0, 0.05) is 12.1 Å². The van der Waals surface area contributed by atoms with Crippen molar-refractivity contribution in [3.05, 3.63) is 35.9 Å². The molecule has 1 fully saturated rings. The molecule has 0 aliphatic heterocycles. The van der Waals surface area contributed by atoms with E-state index < -0.39 is 0 Å². The number of nitrogens with one attached hydrogen (secondary N) is 1. The molecule has 0 aromatic heterocycles. The minimum Gasteiger partial charge on any atom is -0.307 e. The van der Waals surface area contributed by atoms with Crippen LogP contribution in [0.3, 0.4) is 0 Å². The van der Waals surface area contributed by atoms with Crippen LogP contribution in [0.2, 0.25) is 0 Å². The van der Waals surface area contributed by atoms with E-state index >= 15 is 0 Å². The summed E-state index contributed by atoms with van der Waals surface area (Å²) in [4.78, 5) is 0. The fraction of sp³-hybridized carbons (Fsp3) is 0.684. The molecule has 0 radical (unpaired) electrons. The van der Waals surface area contributed by atoms with Gasteiger partial charge in [-0.15, -0.1) is 0 Å². The second kappa shape index (κ2) is 7.26. The number of hydrogen-bond acceptors (Lipinski definition) is 1. The molecule has 0 heterocycles. The number of rotatable bonds is 6. The minimum absolute atomic E-state index is 0.516. The lowest BCUT2D eigenvalue weighted by Crippen LogP contribution is -2.39. The number of unbranched alkanes of at least 4 members (excludes halogenated alkanes) is 1. The van der Waals surface area contributed by atoms with E-state index in [2.05, 4.69) is 56.4 Å². The van der Waals surface area contributed by atoms with Crippen molar-refractivity contribution < 1.29 is 0 Å². The lowest BCUT2D eigenvalue weighted by molar-refractivity contribution is 0.187. The van der Waals surface area contributed by atoms with Crippen LogP contribution in [-0.4, -0.2) is 6.04 Å². The fourth-order valence-corrected chi connectivity index (χ4v) is 3.56. The van der Waals surface area contributed by atoms with E-state index in [1.54, 1.807) is 0 Å². The highest BCUT2D eigenvalue weighted by Crippen LogP contribution is 2.36. The van der Waals surface area contributed by atoms with Gasteiger partial charge >= 0.3 is 0 Å². The van der Waals surface area contributed by atoms with Crippen molar-refractivity contribution in [3.63, 3.8) is 0 Å².